The van der Waals surface area contributed by atoms with E-state index >= 15 is 0 Å². The summed E-state index contributed by atoms with van der Waals surface area (Å²) in [6.45, 7) is 8.51. The van der Waals surface area contributed by atoms with Crippen molar-refractivity contribution in [1.82, 2.24) is 0 Å². The number of hydrogen-bond acceptors (Lipinski definition) is 9. The molecule has 5 unspecified atom stereocenters. The summed E-state index contributed by atoms with van der Waals surface area (Å²) in [5.41, 5.74) is -0.509. The third kappa shape index (κ3) is 3.59. The van der Waals surface area contributed by atoms with Crippen molar-refractivity contribution >= 4 is 11.9 Å². The molecule has 3 saturated heterocycles. The van der Waals surface area contributed by atoms with E-state index in [1.165, 1.54) is 0 Å². The number of ether oxygens (including phenoxy) is 6. The fraction of sp³-hybridized carbons (Fsp3) is 0.882. The Morgan fingerprint density at radius 1 is 1.27 bits per heavy atom. The molecular weight excluding hydrogens is 348 g/mol. The van der Waals surface area contributed by atoms with Gasteiger partial charge in [-0.05, 0) is 20.3 Å². The van der Waals surface area contributed by atoms with E-state index in [0.29, 0.717) is 6.42 Å². The zero-order valence-electron chi connectivity index (χ0n) is 15.6. The maximum absolute atomic E-state index is 12.1. The fourth-order valence-corrected chi connectivity index (χ4v) is 3.06. The van der Waals surface area contributed by atoms with Crippen molar-refractivity contribution in [1.29, 1.82) is 0 Å². The van der Waals surface area contributed by atoms with Crippen LogP contribution in [0, 0.1) is 5.41 Å². The molecule has 0 radical (unpaired) electrons. The van der Waals surface area contributed by atoms with E-state index in [1.807, 2.05) is 20.8 Å². The van der Waals surface area contributed by atoms with Crippen molar-refractivity contribution in [3.63, 3.8) is 0 Å². The van der Waals surface area contributed by atoms with Gasteiger partial charge in [0.2, 0.25) is 6.10 Å². The molecule has 0 spiro atoms. The van der Waals surface area contributed by atoms with Crippen molar-refractivity contribution in [2.24, 2.45) is 5.41 Å². The van der Waals surface area contributed by atoms with E-state index < -0.39 is 66.7 Å². The molecule has 3 aliphatic rings. The number of hydrogen-bond donors (Lipinski definition) is 1. The van der Waals surface area contributed by atoms with Crippen LogP contribution in [0.3, 0.4) is 0 Å². The lowest BCUT2D eigenvalue weighted by molar-refractivity contribution is -0.218. The third-order valence-electron chi connectivity index (χ3n) is 5.01. The topological polar surface area (TPSA) is 110 Å². The smallest absolute Gasteiger partial charge is 0.350 e. The van der Waals surface area contributed by atoms with Gasteiger partial charge in [-0.15, -0.1) is 0 Å². The van der Waals surface area contributed by atoms with Crippen LogP contribution in [0.15, 0.2) is 0 Å². The molecule has 0 aromatic rings. The van der Waals surface area contributed by atoms with Crippen molar-refractivity contribution in [3.05, 3.63) is 0 Å². The lowest BCUT2D eigenvalue weighted by Crippen LogP contribution is -2.39. The summed E-state index contributed by atoms with van der Waals surface area (Å²) in [6.07, 6.45) is -4.42. The second-order valence-corrected chi connectivity index (χ2v) is 7.89. The molecule has 0 aromatic carbocycles. The molecule has 3 fully saturated rings. The van der Waals surface area contributed by atoms with Crippen LogP contribution in [-0.4, -0.2) is 66.4 Å². The standard InChI is InChI=1S/C17H26O9/c1-6-16(2,3)15(20)21-7-8(18)22-11-9-10(23-13(11)19)12-14(24-9)26-17(4,5)25-12/h9-12,14-15,20H,6-7H2,1-5H3/t9?,10?,11-,12?,14?,15?/m0/s1. The van der Waals surface area contributed by atoms with E-state index in [4.69, 9.17) is 28.4 Å². The molecule has 9 nitrogen and oxygen atoms in total. The number of aliphatic hydroxyl groups is 1. The summed E-state index contributed by atoms with van der Waals surface area (Å²) in [5, 5.41) is 9.97. The van der Waals surface area contributed by atoms with E-state index in [1.54, 1.807) is 13.8 Å². The van der Waals surface area contributed by atoms with Gasteiger partial charge in [-0.25, -0.2) is 9.59 Å². The molecule has 148 valence electrons. The monoisotopic (exact) mass is 374 g/mol. The third-order valence-corrected chi connectivity index (χ3v) is 5.01. The SMILES string of the molecule is CCC(C)(C)C(O)OCC(=O)O[C@@H]1C(=O)OC2C3OC(C)(C)OC3OC21. The Morgan fingerprint density at radius 3 is 2.62 bits per heavy atom. The van der Waals surface area contributed by atoms with Gasteiger partial charge in [0.05, 0.1) is 0 Å². The first-order valence-electron chi connectivity index (χ1n) is 8.75. The summed E-state index contributed by atoms with van der Waals surface area (Å²) in [5.74, 6) is -2.33. The average Bonchev–Trinajstić information content (AvgIpc) is 3.12. The van der Waals surface area contributed by atoms with Gasteiger partial charge in [-0.1, -0.05) is 20.8 Å². The van der Waals surface area contributed by atoms with Crippen LogP contribution in [0.5, 0.6) is 0 Å². The number of fused-ring (bicyclic) bond motifs is 3. The highest BCUT2D eigenvalue weighted by Gasteiger charge is 2.64. The Kier molecular flexibility index (Phi) is 5.04. The van der Waals surface area contributed by atoms with Crippen LogP contribution >= 0.6 is 0 Å². The maximum Gasteiger partial charge on any atom is 0.350 e. The Hall–Kier alpha value is -1.26. The maximum atomic E-state index is 12.1. The first-order chi connectivity index (χ1) is 12.0. The normalized spacial score (nSPS) is 36.4. The Labute approximate surface area is 151 Å². The van der Waals surface area contributed by atoms with Gasteiger partial charge >= 0.3 is 11.9 Å². The zero-order chi connectivity index (χ0) is 19.3. The number of aliphatic hydroxyl groups excluding tert-OH is 1. The molecule has 0 aromatic heterocycles. The van der Waals surface area contributed by atoms with Gasteiger partial charge in [0.15, 0.2) is 30.6 Å². The molecule has 0 bridgehead atoms. The lowest BCUT2D eigenvalue weighted by Gasteiger charge is -2.28. The van der Waals surface area contributed by atoms with Crippen LogP contribution in [0.1, 0.15) is 41.0 Å². The second kappa shape index (κ2) is 6.72. The molecular formula is C17H26O9. The predicted octanol–water partition coefficient (Wildman–Crippen LogP) is 0.471. The highest BCUT2D eigenvalue weighted by atomic mass is 16.9. The summed E-state index contributed by atoms with van der Waals surface area (Å²) >= 11 is 0. The van der Waals surface area contributed by atoms with Crippen molar-refractivity contribution in [2.45, 2.75) is 83.8 Å². The minimum atomic E-state index is -1.21. The molecule has 3 heterocycles. The average molecular weight is 374 g/mol. The van der Waals surface area contributed by atoms with Crippen LogP contribution in [0.25, 0.3) is 0 Å². The van der Waals surface area contributed by atoms with Crippen molar-refractivity contribution in [3.8, 4) is 0 Å². The van der Waals surface area contributed by atoms with Gasteiger partial charge in [-0.2, -0.15) is 0 Å². The van der Waals surface area contributed by atoms with E-state index in [0.717, 1.165) is 0 Å². The minimum Gasteiger partial charge on any atom is -0.454 e. The van der Waals surface area contributed by atoms with Gasteiger partial charge < -0.3 is 33.5 Å². The molecule has 3 rings (SSSR count). The Morgan fingerprint density at radius 2 is 1.96 bits per heavy atom. The molecule has 9 heteroatoms. The molecule has 0 amide bonds. The van der Waals surface area contributed by atoms with Crippen molar-refractivity contribution < 1.29 is 43.1 Å². The van der Waals surface area contributed by atoms with Gasteiger partial charge in [0.25, 0.3) is 0 Å². The predicted molar refractivity (Wildman–Crippen MR) is 84.5 cm³/mol. The van der Waals surface area contributed by atoms with E-state index in [-0.39, 0.29) is 0 Å². The Balaban J connectivity index is 1.54. The van der Waals surface area contributed by atoms with Crippen LogP contribution in [0.4, 0.5) is 0 Å². The number of carbonyl (C=O) groups is 2. The van der Waals surface area contributed by atoms with Gasteiger partial charge in [-0.3, -0.25) is 0 Å². The molecule has 0 aliphatic carbocycles. The first kappa shape index (κ1) is 19.5. The lowest BCUT2D eigenvalue weighted by atomic mass is 9.90. The van der Waals surface area contributed by atoms with Gasteiger partial charge in [0.1, 0.15) is 12.7 Å². The van der Waals surface area contributed by atoms with Crippen LogP contribution in [-0.2, 0) is 38.0 Å². The molecule has 3 aliphatic heterocycles. The summed E-state index contributed by atoms with van der Waals surface area (Å²) < 4.78 is 32.5. The second-order valence-electron chi connectivity index (χ2n) is 7.89. The van der Waals surface area contributed by atoms with E-state index in [2.05, 4.69) is 0 Å². The Bertz CT molecular complexity index is 573. The van der Waals surface area contributed by atoms with Crippen LogP contribution < -0.4 is 0 Å². The van der Waals surface area contributed by atoms with E-state index in [9.17, 15) is 14.7 Å². The number of esters is 2. The minimum absolute atomic E-state index is 0.487. The first-order valence-corrected chi connectivity index (χ1v) is 8.75. The fourth-order valence-electron chi connectivity index (χ4n) is 3.06. The molecule has 0 saturated carbocycles. The number of carbonyl (C=O) groups excluding carboxylic acids is 2. The highest BCUT2D eigenvalue weighted by Crippen LogP contribution is 2.43. The summed E-state index contributed by atoms with van der Waals surface area (Å²) in [7, 11) is 0. The zero-order valence-corrected chi connectivity index (χ0v) is 15.6. The van der Waals surface area contributed by atoms with Crippen molar-refractivity contribution in [2.75, 3.05) is 6.61 Å². The molecule has 26 heavy (non-hydrogen) atoms. The molecule has 1 N–H and O–H groups in total. The summed E-state index contributed by atoms with van der Waals surface area (Å²) in [4.78, 5) is 24.1. The number of rotatable bonds is 6. The largest absolute Gasteiger partial charge is 0.454 e. The molecule has 6 atom stereocenters. The van der Waals surface area contributed by atoms with Gasteiger partial charge in [0, 0.05) is 5.41 Å². The van der Waals surface area contributed by atoms with Crippen LogP contribution in [0.2, 0.25) is 0 Å². The highest BCUT2D eigenvalue weighted by molar-refractivity contribution is 5.82. The summed E-state index contributed by atoms with van der Waals surface area (Å²) in [6, 6.07) is 0. The quantitative estimate of drug-likeness (QED) is 0.524.